The first kappa shape index (κ1) is 16.3. The number of nitrogens with zero attached hydrogens (tertiary/aromatic N) is 1. The Morgan fingerprint density at radius 2 is 1.88 bits per heavy atom. The highest BCUT2D eigenvalue weighted by molar-refractivity contribution is 5.92. The lowest BCUT2D eigenvalue weighted by Gasteiger charge is -2.08. The lowest BCUT2D eigenvalue weighted by atomic mass is 10.1. The van der Waals surface area contributed by atoms with E-state index < -0.39 is 5.63 Å². The van der Waals surface area contributed by atoms with Gasteiger partial charge in [-0.15, -0.1) is 0 Å². The summed E-state index contributed by atoms with van der Waals surface area (Å²) in [6.45, 7) is -0.178. The second-order valence-corrected chi connectivity index (χ2v) is 5.32. The van der Waals surface area contributed by atoms with E-state index >= 15 is 0 Å². The smallest absolute Gasteiger partial charge is 0.336 e. The highest BCUT2D eigenvalue weighted by Crippen LogP contribution is 2.19. The molecule has 3 rings (SSSR count). The Hall–Kier alpha value is -3.59. The minimum Gasteiger partial charge on any atom is -0.484 e. The van der Waals surface area contributed by atoms with Gasteiger partial charge in [0.1, 0.15) is 11.3 Å². The molecule has 1 heterocycles. The van der Waals surface area contributed by atoms with Crippen LogP contribution in [0.25, 0.3) is 11.0 Å². The summed E-state index contributed by atoms with van der Waals surface area (Å²) < 4.78 is 10.5. The molecule has 0 spiro atoms. The molecule has 124 valence electrons. The summed E-state index contributed by atoms with van der Waals surface area (Å²) in [5.74, 6) is 0.115. The van der Waals surface area contributed by atoms with Crippen molar-refractivity contribution in [1.29, 1.82) is 5.26 Å². The van der Waals surface area contributed by atoms with E-state index in [0.29, 0.717) is 23.4 Å². The first-order chi connectivity index (χ1) is 12.1. The van der Waals surface area contributed by atoms with Crippen LogP contribution in [0, 0.1) is 11.3 Å². The molecule has 25 heavy (non-hydrogen) atoms. The van der Waals surface area contributed by atoms with E-state index in [1.807, 2.05) is 0 Å². The minimum absolute atomic E-state index is 0.178. The van der Waals surface area contributed by atoms with E-state index in [2.05, 4.69) is 11.4 Å². The zero-order valence-corrected chi connectivity index (χ0v) is 13.2. The molecule has 0 aliphatic carbocycles. The molecular formula is C19H14N2O4. The van der Waals surface area contributed by atoms with Crippen LogP contribution in [-0.2, 0) is 11.2 Å². The van der Waals surface area contributed by atoms with E-state index in [1.54, 1.807) is 48.5 Å². The molecule has 0 saturated carbocycles. The summed E-state index contributed by atoms with van der Waals surface area (Å²) in [6, 6.07) is 17.1. The van der Waals surface area contributed by atoms with Crippen molar-refractivity contribution < 1.29 is 13.9 Å². The van der Waals surface area contributed by atoms with Crippen molar-refractivity contribution in [3.8, 4) is 11.8 Å². The molecule has 3 aromatic rings. The number of fused-ring (bicyclic) bond motifs is 1. The number of carbonyl (C=O) groups is 1. The summed E-state index contributed by atoms with van der Waals surface area (Å²) >= 11 is 0. The molecule has 0 unspecified atom stereocenters. The Morgan fingerprint density at radius 1 is 1.12 bits per heavy atom. The van der Waals surface area contributed by atoms with Gasteiger partial charge in [0, 0.05) is 23.2 Å². The average molecular weight is 334 g/mol. The fourth-order valence-electron chi connectivity index (χ4n) is 2.27. The van der Waals surface area contributed by atoms with Crippen LogP contribution in [0.1, 0.15) is 5.56 Å². The van der Waals surface area contributed by atoms with Crippen LogP contribution in [0.2, 0.25) is 0 Å². The summed E-state index contributed by atoms with van der Waals surface area (Å²) in [4.78, 5) is 23.2. The molecule has 1 N–H and O–H groups in total. The Morgan fingerprint density at radius 3 is 2.64 bits per heavy atom. The highest BCUT2D eigenvalue weighted by Gasteiger charge is 2.06. The Labute approximate surface area is 143 Å². The summed E-state index contributed by atoms with van der Waals surface area (Å²) in [7, 11) is 0. The Bertz CT molecular complexity index is 1000. The maximum atomic E-state index is 12.0. The van der Waals surface area contributed by atoms with Crippen LogP contribution in [0.4, 0.5) is 5.69 Å². The number of rotatable bonds is 5. The second kappa shape index (κ2) is 7.32. The van der Waals surface area contributed by atoms with Gasteiger partial charge >= 0.3 is 5.63 Å². The van der Waals surface area contributed by atoms with Crippen molar-refractivity contribution in [3.05, 3.63) is 70.6 Å². The molecule has 0 saturated heterocycles. The monoisotopic (exact) mass is 334 g/mol. The number of hydrogen-bond donors (Lipinski definition) is 1. The van der Waals surface area contributed by atoms with E-state index in [1.165, 1.54) is 6.07 Å². The van der Waals surface area contributed by atoms with Gasteiger partial charge < -0.3 is 14.5 Å². The molecule has 6 heteroatoms. The molecule has 1 amide bonds. The van der Waals surface area contributed by atoms with Crippen molar-refractivity contribution >= 4 is 22.6 Å². The molecule has 0 aliphatic heterocycles. The van der Waals surface area contributed by atoms with Gasteiger partial charge in [0.05, 0.1) is 12.5 Å². The standard InChI is InChI=1S/C19H14N2O4/c20-10-9-13-1-5-15(6-2-13)21-18(22)12-24-16-7-3-14-4-8-19(23)25-17(14)11-16/h1-8,11H,9,12H2,(H,21,22). The number of ether oxygens (including phenoxy) is 1. The van der Waals surface area contributed by atoms with Crippen molar-refractivity contribution in [3.63, 3.8) is 0 Å². The molecule has 6 nitrogen and oxygen atoms in total. The topological polar surface area (TPSA) is 92.3 Å². The van der Waals surface area contributed by atoms with Gasteiger partial charge in [-0.2, -0.15) is 5.26 Å². The van der Waals surface area contributed by atoms with Crippen LogP contribution >= 0.6 is 0 Å². The number of hydrogen-bond acceptors (Lipinski definition) is 5. The molecule has 0 fully saturated rings. The number of benzene rings is 2. The predicted octanol–water partition coefficient (Wildman–Crippen LogP) is 2.88. The zero-order valence-electron chi connectivity index (χ0n) is 13.2. The molecule has 2 aromatic carbocycles. The normalized spacial score (nSPS) is 10.2. The fourth-order valence-corrected chi connectivity index (χ4v) is 2.27. The van der Waals surface area contributed by atoms with E-state index in [9.17, 15) is 9.59 Å². The maximum Gasteiger partial charge on any atom is 0.336 e. The minimum atomic E-state index is -0.442. The number of amides is 1. The first-order valence-corrected chi connectivity index (χ1v) is 7.56. The lowest BCUT2D eigenvalue weighted by molar-refractivity contribution is -0.118. The molecular weight excluding hydrogens is 320 g/mol. The van der Waals surface area contributed by atoms with Crippen LogP contribution < -0.4 is 15.7 Å². The van der Waals surface area contributed by atoms with Gasteiger partial charge in [-0.05, 0) is 35.9 Å². The van der Waals surface area contributed by atoms with Gasteiger partial charge in [-0.1, -0.05) is 12.1 Å². The number of anilines is 1. The first-order valence-electron chi connectivity index (χ1n) is 7.56. The summed E-state index contributed by atoms with van der Waals surface area (Å²) in [5, 5.41) is 12.1. The summed E-state index contributed by atoms with van der Waals surface area (Å²) in [5.41, 5.74) is 1.47. The van der Waals surface area contributed by atoms with Crippen molar-refractivity contribution in [2.45, 2.75) is 6.42 Å². The van der Waals surface area contributed by atoms with Gasteiger partial charge in [-0.25, -0.2) is 4.79 Å². The maximum absolute atomic E-state index is 12.0. The second-order valence-electron chi connectivity index (χ2n) is 5.32. The van der Waals surface area contributed by atoms with Crippen molar-refractivity contribution in [2.24, 2.45) is 0 Å². The molecule has 0 bridgehead atoms. The molecule has 0 aliphatic rings. The molecule has 1 aromatic heterocycles. The van der Waals surface area contributed by atoms with Gasteiger partial charge in [-0.3, -0.25) is 4.79 Å². The SMILES string of the molecule is N#CCc1ccc(NC(=O)COc2ccc3ccc(=O)oc3c2)cc1. The summed E-state index contributed by atoms with van der Waals surface area (Å²) in [6.07, 6.45) is 0.329. The van der Waals surface area contributed by atoms with E-state index in [-0.39, 0.29) is 12.5 Å². The Balaban J connectivity index is 1.60. The van der Waals surface area contributed by atoms with Crippen molar-refractivity contribution in [1.82, 2.24) is 0 Å². The third-order valence-corrected chi connectivity index (χ3v) is 3.49. The lowest BCUT2D eigenvalue weighted by Crippen LogP contribution is -2.20. The van der Waals surface area contributed by atoms with Gasteiger partial charge in [0.2, 0.25) is 0 Å². The average Bonchev–Trinajstić information content (AvgIpc) is 2.61. The molecule has 0 radical (unpaired) electrons. The van der Waals surface area contributed by atoms with Crippen LogP contribution in [0.15, 0.2) is 63.8 Å². The van der Waals surface area contributed by atoms with E-state index in [4.69, 9.17) is 14.4 Å². The van der Waals surface area contributed by atoms with Crippen LogP contribution in [0.3, 0.4) is 0 Å². The fraction of sp³-hybridized carbons (Fsp3) is 0.105. The number of nitrogens with one attached hydrogen (secondary N) is 1. The third-order valence-electron chi connectivity index (χ3n) is 3.49. The zero-order chi connectivity index (χ0) is 17.6. The predicted molar refractivity (Wildman–Crippen MR) is 92.4 cm³/mol. The van der Waals surface area contributed by atoms with E-state index in [0.717, 1.165) is 10.9 Å². The molecule has 0 atom stereocenters. The van der Waals surface area contributed by atoms with Crippen molar-refractivity contribution in [2.75, 3.05) is 11.9 Å². The number of carbonyl (C=O) groups excluding carboxylic acids is 1. The van der Waals surface area contributed by atoms with Crippen LogP contribution in [-0.4, -0.2) is 12.5 Å². The van der Waals surface area contributed by atoms with Gasteiger partial charge in [0.15, 0.2) is 6.61 Å². The number of nitriles is 1. The van der Waals surface area contributed by atoms with Crippen LogP contribution in [0.5, 0.6) is 5.75 Å². The third kappa shape index (κ3) is 4.24. The largest absolute Gasteiger partial charge is 0.484 e. The Kier molecular flexibility index (Phi) is 4.77. The van der Waals surface area contributed by atoms with Gasteiger partial charge in [0.25, 0.3) is 5.91 Å². The quantitative estimate of drug-likeness (QED) is 0.724. The highest BCUT2D eigenvalue weighted by atomic mass is 16.5.